The molecule has 146 valence electrons. The van der Waals surface area contributed by atoms with Crippen molar-refractivity contribution in [3.05, 3.63) is 83.9 Å². The van der Waals surface area contributed by atoms with Crippen molar-refractivity contribution in [2.24, 2.45) is 0 Å². The van der Waals surface area contributed by atoms with Crippen molar-refractivity contribution in [1.82, 2.24) is 0 Å². The molecule has 0 unspecified atom stereocenters. The van der Waals surface area contributed by atoms with E-state index in [4.69, 9.17) is 0 Å². The van der Waals surface area contributed by atoms with Crippen LogP contribution in [0.3, 0.4) is 0 Å². The van der Waals surface area contributed by atoms with E-state index in [1.165, 1.54) is 36.4 Å². The molecule has 0 radical (unpaired) electrons. The fourth-order valence-corrected chi connectivity index (χ4v) is 4.71. The summed E-state index contributed by atoms with van der Waals surface area (Å²) >= 11 is 0. The van der Waals surface area contributed by atoms with Gasteiger partial charge in [0.2, 0.25) is 0 Å². The summed E-state index contributed by atoms with van der Waals surface area (Å²) in [5.41, 5.74) is 2.52. The van der Waals surface area contributed by atoms with Gasteiger partial charge in [-0.05, 0) is 61.9 Å². The van der Waals surface area contributed by atoms with Gasteiger partial charge in [-0.3, -0.25) is 9.44 Å². The van der Waals surface area contributed by atoms with Gasteiger partial charge in [0.05, 0.1) is 15.5 Å². The molecular formula is C20H20N2O4S2. The van der Waals surface area contributed by atoms with Gasteiger partial charge in [0.1, 0.15) is 0 Å². The Morgan fingerprint density at radius 1 is 0.607 bits per heavy atom. The third kappa shape index (κ3) is 4.52. The second-order valence-corrected chi connectivity index (χ2v) is 9.73. The quantitative estimate of drug-likeness (QED) is 0.637. The molecule has 3 aromatic rings. The van der Waals surface area contributed by atoms with Crippen LogP contribution in [0.15, 0.2) is 82.6 Å². The summed E-state index contributed by atoms with van der Waals surface area (Å²) in [4.78, 5) is 0.171. The molecule has 3 rings (SSSR count). The Bertz CT molecular complexity index is 1190. The molecule has 0 bridgehead atoms. The average molecular weight is 417 g/mol. The lowest BCUT2D eigenvalue weighted by atomic mass is 10.2. The maximum Gasteiger partial charge on any atom is 0.261 e. The Morgan fingerprint density at radius 3 is 1.68 bits per heavy atom. The highest BCUT2D eigenvalue weighted by molar-refractivity contribution is 7.93. The highest BCUT2D eigenvalue weighted by Crippen LogP contribution is 2.22. The number of nitrogens with one attached hydrogen (secondary N) is 2. The smallest absolute Gasteiger partial charge is 0.261 e. The third-order valence-corrected chi connectivity index (χ3v) is 6.92. The van der Waals surface area contributed by atoms with Gasteiger partial charge in [0.15, 0.2) is 0 Å². The summed E-state index contributed by atoms with van der Waals surface area (Å²) in [6.45, 7) is 3.68. The zero-order chi connectivity index (χ0) is 20.4. The topological polar surface area (TPSA) is 92.3 Å². The van der Waals surface area contributed by atoms with Crippen molar-refractivity contribution in [3.63, 3.8) is 0 Å². The first-order valence-electron chi connectivity index (χ1n) is 8.45. The molecule has 0 saturated heterocycles. The minimum Gasteiger partial charge on any atom is -0.280 e. The Labute approximate surface area is 165 Å². The number of sulfonamides is 2. The molecule has 0 aliphatic carbocycles. The van der Waals surface area contributed by atoms with Crippen LogP contribution >= 0.6 is 0 Å². The normalized spacial score (nSPS) is 11.8. The van der Waals surface area contributed by atoms with Gasteiger partial charge in [-0.25, -0.2) is 16.8 Å². The molecule has 3 aromatic carbocycles. The lowest BCUT2D eigenvalue weighted by Crippen LogP contribution is -2.15. The molecule has 8 heteroatoms. The van der Waals surface area contributed by atoms with E-state index in [2.05, 4.69) is 9.44 Å². The van der Waals surface area contributed by atoms with Crippen LogP contribution in [0.1, 0.15) is 11.1 Å². The summed E-state index contributed by atoms with van der Waals surface area (Å²) in [6.07, 6.45) is 0. The number of aryl methyl sites for hydroxylation is 2. The fraction of sp³-hybridized carbons (Fsp3) is 0.100. The summed E-state index contributed by atoms with van der Waals surface area (Å²) in [5, 5.41) is 0. The van der Waals surface area contributed by atoms with E-state index in [-0.39, 0.29) is 15.5 Å². The van der Waals surface area contributed by atoms with Crippen LogP contribution in [0.2, 0.25) is 0 Å². The van der Waals surface area contributed by atoms with Crippen molar-refractivity contribution in [2.45, 2.75) is 23.6 Å². The summed E-state index contributed by atoms with van der Waals surface area (Å²) < 4.78 is 55.0. The third-order valence-electron chi connectivity index (χ3n) is 4.14. The summed E-state index contributed by atoms with van der Waals surface area (Å²) in [7, 11) is -7.53. The number of para-hydroxylation sites is 1. The number of rotatable bonds is 6. The fourth-order valence-electron chi connectivity index (χ4n) is 2.52. The molecule has 0 atom stereocenters. The Kier molecular flexibility index (Phi) is 5.44. The molecule has 0 saturated carbocycles. The summed E-state index contributed by atoms with van der Waals surface area (Å²) in [6, 6.07) is 19.0. The number of anilines is 2. The molecule has 0 aliphatic heterocycles. The number of benzene rings is 3. The van der Waals surface area contributed by atoms with E-state index in [1.807, 2.05) is 13.0 Å². The van der Waals surface area contributed by atoms with Crippen molar-refractivity contribution in [1.29, 1.82) is 0 Å². The Balaban J connectivity index is 1.79. The van der Waals surface area contributed by atoms with Gasteiger partial charge in [-0.15, -0.1) is 0 Å². The minimum absolute atomic E-state index is 0.0361. The van der Waals surface area contributed by atoms with Gasteiger partial charge in [0.25, 0.3) is 20.0 Å². The van der Waals surface area contributed by atoms with Crippen LogP contribution in [-0.4, -0.2) is 16.8 Å². The van der Waals surface area contributed by atoms with E-state index >= 15 is 0 Å². The van der Waals surface area contributed by atoms with Crippen LogP contribution in [0.4, 0.5) is 11.4 Å². The maximum atomic E-state index is 12.6. The Hall–Kier alpha value is -2.84. The molecular weight excluding hydrogens is 396 g/mol. The molecule has 28 heavy (non-hydrogen) atoms. The summed E-state index contributed by atoms with van der Waals surface area (Å²) in [5.74, 6) is 0. The van der Waals surface area contributed by atoms with Gasteiger partial charge in [-0.2, -0.15) is 0 Å². The van der Waals surface area contributed by atoms with Crippen LogP contribution in [0.25, 0.3) is 0 Å². The largest absolute Gasteiger partial charge is 0.280 e. The van der Waals surface area contributed by atoms with Crippen LogP contribution < -0.4 is 9.44 Å². The minimum atomic E-state index is -3.78. The molecule has 2 N–H and O–H groups in total. The van der Waals surface area contributed by atoms with Crippen LogP contribution in [0.5, 0.6) is 0 Å². The van der Waals surface area contributed by atoms with Crippen molar-refractivity contribution in [2.75, 3.05) is 9.44 Å². The average Bonchev–Trinajstić information content (AvgIpc) is 2.64. The highest BCUT2D eigenvalue weighted by Gasteiger charge is 2.17. The SMILES string of the molecule is Cc1ccc(S(=O)(=O)Nc2ccc(S(=O)(=O)Nc3ccccc3C)cc2)cc1. The maximum absolute atomic E-state index is 12.6. The zero-order valence-electron chi connectivity index (χ0n) is 15.4. The number of hydrogen-bond donors (Lipinski definition) is 2. The van der Waals surface area contributed by atoms with Gasteiger partial charge < -0.3 is 0 Å². The molecule has 0 aromatic heterocycles. The first-order valence-corrected chi connectivity index (χ1v) is 11.4. The second-order valence-electron chi connectivity index (χ2n) is 6.36. The first kappa shape index (κ1) is 19.9. The predicted octanol–water partition coefficient (Wildman–Crippen LogP) is 3.91. The van der Waals surface area contributed by atoms with E-state index in [0.717, 1.165) is 11.1 Å². The van der Waals surface area contributed by atoms with E-state index < -0.39 is 20.0 Å². The Morgan fingerprint density at radius 2 is 1.11 bits per heavy atom. The van der Waals surface area contributed by atoms with Gasteiger partial charge in [-0.1, -0.05) is 35.9 Å². The second kappa shape index (κ2) is 7.65. The lowest BCUT2D eigenvalue weighted by Gasteiger charge is -2.12. The standard InChI is InChI=1S/C20H20N2O4S2/c1-15-7-11-18(12-8-15)27(23,24)21-17-9-13-19(14-10-17)28(25,26)22-20-6-4-3-5-16(20)2/h3-14,21-22H,1-2H3. The molecule has 0 amide bonds. The van der Waals surface area contributed by atoms with Gasteiger partial charge >= 0.3 is 0 Å². The lowest BCUT2D eigenvalue weighted by molar-refractivity contribution is 0.600. The number of hydrogen-bond acceptors (Lipinski definition) is 4. The molecule has 0 spiro atoms. The van der Waals surface area contributed by atoms with Crippen molar-refractivity contribution >= 4 is 31.4 Å². The molecule has 0 aliphatic rings. The van der Waals surface area contributed by atoms with Gasteiger partial charge in [0, 0.05) is 5.69 Å². The van der Waals surface area contributed by atoms with Crippen LogP contribution in [-0.2, 0) is 20.0 Å². The molecule has 0 fully saturated rings. The van der Waals surface area contributed by atoms with Crippen LogP contribution in [0, 0.1) is 13.8 Å². The molecule has 6 nitrogen and oxygen atoms in total. The van der Waals surface area contributed by atoms with Crippen molar-refractivity contribution in [3.8, 4) is 0 Å². The van der Waals surface area contributed by atoms with E-state index in [0.29, 0.717) is 5.69 Å². The predicted molar refractivity (Wildman–Crippen MR) is 110 cm³/mol. The molecule has 0 heterocycles. The monoisotopic (exact) mass is 416 g/mol. The van der Waals surface area contributed by atoms with E-state index in [1.54, 1.807) is 37.3 Å². The zero-order valence-corrected chi connectivity index (χ0v) is 17.0. The highest BCUT2D eigenvalue weighted by atomic mass is 32.2. The first-order chi connectivity index (χ1) is 13.2. The van der Waals surface area contributed by atoms with E-state index in [9.17, 15) is 16.8 Å². The van der Waals surface area contributed by atoms with Crippen molar-refractivity contribution < 1.29 is 16.8 Å².